The molecule has 1 aliphatic carbocycles. The van der Waals surface area contributed by atoms with Gasteiger partial charge in [-0.05, 0) is 99.0 Å². The first-order valence-corrected chi connectivity index (χ1v) is 16.3. The second-order valence-corrected chi connectivity index (χ2v) is 12.7. The molecule has 0 N–H and O–H groups in total. The first kappa shape index (κ1) is 32.6. The molecule has 44 heavy (non-hydrogen) atoms. The maximum atomic E-state index is 11.2. The molecule has 0 amide bonds. The average Bonchev–Trinajstić information content (AvgIpc) is 3.68. The second-order valence-electron chi connectivity index (χ2n) is 10.4. The van der Waals surface area contributed by atoms with Crippen LogP contribution in [0, 0.1) is 37.5 Å². The van der Waals surface area contributed by atoms with E-state index in [0.717, 1.165) is 53.0 Å². The Morgan fingerprint density at radius 2 is 1.39 bits per heavy atom. The van der Waals surface area contributed by atoms with Crippen molar-refractivity contribution in [3.63, 3.8) is 0 Å². The van der Waals surface area contributed by atoms with Gasteiger partial charge in [-0.15, -0.1) is 22.7 Å². The number of hydrogen-bond donors (Lipinski definition) is 0. The lowest BCUT2D eigenvalue weighted by Gasteiger charge is -2.20. The van der Waals surface area contributed by atoms with Gasteiger partial charge in [0.25, 0.3) is 0 Å². The normalized spacial score (nSPS) is 13.5. The molecule has 0 fully saturated rings. The number of carbonyl (C=O) groups is 2. The molecular weight excluding hydrogens is 585 g/mol. The van der Waals surface area contributed by atoms with Crippen LogP contribution in [0.3, 0.4) is 0 Å². The van der Waals surface area contributed by atoms with Crippen molar-refractivity contribution in [2.24, 2.45) is 0 Å². The molecule has 0 spiro atoms. The monoisotopic (exact) mass is 620 g/mol. The van der Waals surface area contributed by atoms with Gasteiger partial charge in [0.15, 0.2) is 0 Å². The van der Waals surface area contributed by atoms with Gasteiger partial charge in [0.05, 0.1) is 23.0 Å². The van der Waals surface area contributed by atoms with Gasteiger partial charge < -0.3 is 9.47 Å². The number of esters is 2. The number of carbonyl (C=O) groups excluding carboxylic acids is 2. The summed E-state index contributed by atoms with van der Waals surface area (Å²) in [6.07, 6.45) is 13.2. The molecule has 0 saturated carbocycles. The number of thiophene rings is 2. The van der Waals surface area contributed by atoms with Crippen LogP contribution in [0.2, 0.25) is 0 Å². The van der Waals surface area contributed by atoms with Crippen LogP contribution in [0.1, 0.15) is 66.9 Å². The van der Waals surface area contributed by atoms with Gasteiger partial charge in [0, 0.05) is 39.0 Å². The van der Waals surface area contributed by atoms with E-state index in [1.807, 2.05) is 0 Å². The van der Waals surface area contributed by atoms with E-state index < -0.39 is 0 Å². The highest BCUT2D eigenvalue weighted by Gasteiger charge is 2.16. The Bertz CT molecular complexity index is 1680. The lowest BCUT2D eigenvalue weighted by atomic mass is 9.84. The van der Waals surface area contributed by atoms with E-state index in [9.17, 15) is 9.59 Å². The number of ether oxygens (including phenoxy) is 2. The minimum absolute atomic E-state index is 0.316. The lowest BCUT2D eigenvalue weighted by Crippen LogP contribution is -2.04. The predicted molar refractivity (Wildman–Crippen MR) is 181 cm³/mol. The second kappa shape index (κ2) is 16.5. The summed E-state index contributed by atoms with van der Waals surface area (Å²) in [5.74, 6) is 12.8. The summed E-state index contributed by atoms with van der Waals surface area (Å²) < 4.78 is 10.1. The molecule has 4 nitrogen and oxygen atoms in total. The molecule has 0 aliphatic heterocycles. The van der Waals surface area contributed by atoms with Crippen molar-refractivity contribution >= 4 is 34.6 Å². The third kappa shape index (κ3) is 9.85. The fourth-order valence-corrected chi connectivity index (χ4v) is 6.75. The highest BCUT2D eigenvalue weighted by Crippen LogP contribution is 2.32. The van der Waals surface area contributed by atoms with Gasteiger partial charge in [-0.3, -0.25) is 0 Å². The maximum Gasteiger partial charge on any atom is 0.330 e. The number of aryl methyl sites for hydroxylation is 4. The Morgan fingerprint density at radius 3 is 1.89 bits per heavy atom. The van der Waals surface area contributed by atoms with Crippen LogP contribution < -0.4 is 0 Å². The molecule has 1 aromatic carbocycles. The summed E-state index contributed by atoms with van der Waals surface area (Å²) in [6.45, 7) is 11.9. The fourth-order valence-electron chi connectivity index (χ4n) is 4.94. The van der Waals surface area contributed by atoms with Crippen molar-refractivity contribution in [3.05, 3.63) is 127 Å². The van der Waals surface area contributed by atoms with Gasteiger partial charge in [-0.2, -0.15) is 0 Å². The number of benzene rings is 1. The summed E-state index contributed by atoms with van der Waals surface area (Å²) in [7, 11) is 0. The first-order chi connectivity index (χ1) is 21.3. The highest BCUT2D eigenvalue weighted by atomic mass is 32.1. The fraction of sp³-hybridized carbons (Fsp3) is 0.263. The maximum absolute atomic E-state index is 11.2. The largest absolute Gasteiger partial charge is 0.463 e. The minimum Gasteiger partial charge on any atom is -0.463 e. The molecule has 0 saturated heterocycles. The van der Waals surface area contributed by atoms with Crippen LogP contribution in [0.4, 0.5) is 0 Å². The zero-order valence-corrected chi connectivity index (χ0v) is 26.9. The molecule has 224 valence electrons. The standard InChI is InChI=1S/C38H36O4S2/c1-5-36(39)41-23-7-9-32-19-21-34(43-32)17-13-29-11-15-31(16-12-29)38-27(3)25-30(26-28(38)4)14-18-35-22-20-33(44-35)10-8-24-42-37(40)6-2/h5-6,11-12,15,19-22,25-26,31H,1-2,7-10,16,23-24H2,3-4H3. The third-order valence-corrected chi connectivity index (χ3v) is 9.13. The van der Waals surface area contributed by atoms with E-state index in [0.29, 0.717) is 19.1 Å². The quantitative estimate of drug-likeness (QED) is 0.0939. The van der Waals surface area contributed by atoms with E-state index >= 15 is 0 Å². The van der Waals surface area contributed by atoms with Crippen LogP contribution >= 0.6 is 22.7 Å². The van der Waals surface area contributed by atoms with Crippen molar-refractivity contribution < 1.29 is 19.1 Å². The van der Waals surface area contributed by atoms with E-state index in [4.69, 9.17) is 9.47 Å². The number of allylic oxidation sites excluding steroid dienone is 4. The molecule has 0 radical (unpaired) electrons. The molecule has 1 unspecified atom stereocenters. The van der Waals surface area contributed by atoms with Crippen molar-refractivity contribution in [2.75, 3.05) is 13.2 Å². The molecule has 6 heteroatoms. The van der Waals surface area contributed by atoms with Crippen LogP contribution in [0.15, 0.2) is 85.5 Å². The van der Waals surface area contributed by atoms with Crippen LogP contribution in [0.5, 0.6) is 0 Å². The highest BCUT2D eigenvalue weighted by molar-refractivity contribution is 7.12. The molecule has 2 aromatic heterocycles. The molecule has 1 atom stereocenters. The topological polar surface area (TPSA) is 52.6 Å². The Hall–Kier alpha value is -4.36. The van der Waals surface area contributed by atoms with Gasteiger partial charge in [0.1, 0.15) is 0 Å². The van der Waals surface area contributed by atoms with Crippen LogP contribution in [-0.4, -0.2) is 25.2 Å². The zero-order valence-electron chi connectivity index (χ0n) is 25.2. The Kier molecular flexibility index (Phi) is 12.2. The smallest absolute Gasteiger partial charge is 0.330 e. The lowest BCUT2D eigenvalue weighted by molar-refractivity contribution is -0.138. The Balaban J connectivity index is 1.30. The van der Waals surface area contributed by atoms with E-state index in [-0.39, 0.29) is 11.9 Å². The predicted octanol–water partition coefficient (Wildman–Crippen LogP) is 8.17. The van der Waals surface area contributed by atoms with Crippen molar-refractivity contribution in [1.29, 1.82) is 0 Å². The SMILES string of the molecule is C=CC(=O)OCCCc1ccc(C#CC2=CCC(c3c(C)cc(C#Cc4ccc(CCCOC(=O)C=C)s4)cc3C)C=C2)s1. The molecular formula is C38H36O4S2. The number of hydrogen-bond acceptors (Lipinski definition) is 6. The van der Waals surface area contributed by atoms with Gasteiger partial charge in [0.2, 0.25) is 0 Å². The van der Waals surface area contributed by atoms with Crippen molar-refractivity contribution in [3.8, 4) is 23.7 Å². The summed E-state index contributed by atoms with van der Waals surface area (Å²) in [4.78, 5) is 26.8. The summed E-state index contributed by atoms with van der Waals surface area (Å²) in [5.41, 5.74) is 5.91. The molecule has 2 heterocycles. The molecule has 0 bridgehead atoms. The Labute approximate surface area is 268 Å². The molecule has 1 aliphatic rings. The summed E-state index contributed by atoms with van der Waals surface area (Å²) >= 11 is 3.37. The van der Waals surface area contributed by atoms with Crippen LogP contribution in [-0.2, 0) is 31.9 Å². The van der Waals surface area contributed by atoms with Gasteiger partial charge in [-0.25, -0.2) is 9.59 Å². The van der Waals surface area contributed by atoms with Crippen molar-refractivity contribution in [1.82, 2.24) is 0 Å². The number of rotatable bonds is 11. The minimum atomic E-state index is -0.380. The van der Waals surface area contributed by atoms with E-state index in [2.05, 4.69) is 105 Å². The summed E-state index contributed by atoms with van der Waals surface area (Å²) in [6, 6.07) is 12.7. The van der Waals surface area contributed by atoms with E-state index in [1.54, 1.807) is 22.7 Å². The van der Waals surface area contributed by atoms with Crippen molar-refractivity contribution in [2.45, 2.75) is 51.9 Å². The zero-order chi connectivity index (χ0) is 31.3. The third-order valence-electron chi connectivity index (χ3n) is 7.00. The average molecular weight is 621 g/mol. The van der Waals surface area contributed by atoms with Gasteiger partial charge in [-0.1, -0.05) is 55.1 Å². The van der Waals surface area contributed by atoms with Gasteiger partial charge >= 0.3 is 11.9 Å². The molecule has 3 aromatic rings. The van der Waals surface area contributed by atoms with Crippen LogP contribution in [0.25, 0.3) is 0 Å². The first-order valence-electron chi connectivity index (χ1n) is 14.6. The summed E-state index contributed by atoms with van der Waals surface area (Å²) in [5, 5.41) is 0. The Morgan fingerprint density at radius 1 is 0.841 bits per heavy atom. The van der Waals surface area contributed by atoms with E-state index in [1.165, 1.54) is 38.6 Å². The molecule has 4 rings (SSSR count).